The summed E-state index contributed by atoms with van der Waals surface area (Å²) in [5.74, 6) is 0.479. The number of nitrogens with zero attached hydrogens (tertiary/aromatic N) is 4. The molecule has 3 heterocycles. The molecule has 1 unspecified atom stereocenters. The number of fused-ring (bicyclic) bond motifs is 1. The second-order valence-corrected chi connectivity index (χ2v) is 7.07. The summed E-state index contributed by atoms with van der Waals surface area (Å²) in [6.07, 6.45) is 5.21. The van der Waals surface area contributed by atoms with E-state index in [1.807, 2.05) is 37.3 Å². The molecule has 156 valence electrons. The number of hydrogen-bond acceptors (Lipinski definition) is 5. The zero-order valence-corrected chi connectivity index (χ0v) is 17.9. The molecule has 1 atom stereocenters. The number of aromatic nitrogens is 4. The molecule has 1 fully saturated rings. The molecule has 0 radical (unpaired) electrons. The van der Waals surface area contributed by atoms with Crippen molar-refractivity contribution in [3.8, 4) is 5.69 Å². The third kappa shape index (κ3) is 5.23. The Morgan fingerprint density at radius 3 is 2.97 bits per heavy atom. The fourth-order valence-corrected chi connectivity index (χ4v) is 3.62. The van der Waals surface area contributed by atoms with Crippen molar-refractivity contribution in [3.05, 3.63) is 47.9 Å². The number of halogens is 2. The second kappa shape index (κ2) is 10.5. The average molecular weight is 437 g/mol. The average Bonchev–Trinajstić information content (AvgIpc) is 3.10. The standard InChI is InChI=1S/C20H24N6O.2ClH/c1-14-19(20(27)23-11-8-15-4-2-9-21-13-15)24-25-26(14)17-6-7-18-16(12-17)5-3-10-22-18;;/h3,5-7,10,12,15,21H,2,4,8-9,11,13H2,1H3,(H,23,27);2*1H. The van der Waals surface area contributed by atoms with Gasteiger partial charge in [-0.25, -0.2) is 4.68 Å². The van der Waals surface area contributed by atoms with E-state index in [1.165, 1.54) is 12.8 Å². The molecule has 0 saturated carbocycles. The Labute approximate surface area is 182 Å². The fraction of sp³-hybridized carbons (Fsp3) is 0.400. The lowest BCUT2D eigenvalue weighted by molar-refractivity contribution is 0.0945. The Morgan fingerprint density at radius 2 is 2.17 bits per heavy atom. The Bertz CT molecular complexity index is 955. The van der Waals surface area contributed by atoms with Gasteiger partial charge in [0.15, 0.2) is 5.69 Å². The summed E-state index contributed by atoms with van der Waals surface area (Å²) in [7, 11) is 0. The van der Waals surface area contributed by atoms with Crippen molar-refractivity contribution in [2.45, 2.75) is 26.2 Å². The van der Waals surface area contributed by atoms with Crippen molar-refractivity contribution >= 4 is 41.6 Å². The van der Waals surface area contributed by atoms with Crippen LogP contribution in [-0.2, 0) is 0 Å². The van der Waals surface area contributed by atoms with Crippen molar-refractivity contribution in [1.29, 1.82) is 0 Å². The minimum atomic E-state index is -0.162. The summed E-state index contributed by atoms with van der Waals surface area (Å²) in [6, 6.07) is 9.80. The van der Waals surface area contributed by atoms with Crippen LogP contribution in [0.25, 0.3) is 16.6 Å². The molecule has 2 N–H and O–H groups in total. The van der Waals surface area contributed by atoms with Crippen molar-refractivity contribution in [2.24, 2.45) is 5.92 Å². The molecule has 1 aromatic carbocycles. The van der Waals surface area contributed by atoms with Gasteiger partial charge in [0.1, 0.15) is 0 Å². The smallest absolute Gasteiger partial charge is 0.273 e. The first-order valence-corrected chi connectivity index (χ1v) is 9.49. The van der Waals surface area contributed by atoms with Crippen molar-refractivity contribution < 1.29 is 4.79 Å². The minimum absolute atomic E-state index is 0. The normalized spacial score (nSPS) is 16.0. The van der Waals surface area contributed by atoms with E-state index in [9.17, 15) is 4.79 Å². The molecular formula is C20H26Cl2N6O. The molecule has 1 aliphatic rings. The van der Waals surface area contributed by atoms with Gasteiger partial charge in [-0.15, -0.1) is 29.9 Å². The van der Waals surface area contributed by atoms with Crippen LogP contribution < -0.4 is 10.6 Å². The molecule has 3 aromatic rings. The molecule has 7 nitrogen and oxygen atoms in total. The number of carbonyl (C=O) groups excluding carboxylic acids is 1. The summed E-state index contributed by atoms with van der Waals surface area (Å²) >= 11 is 0. The maximum absolute atomic E-state index is 12.5. The number of pyridine rings is 1. The maximum atomic E-state index is 12.5. The molecule has 0 aliphatic carbocycles. The highest BCUT2D eigenvalue weighted by atomic mass is 35.5. The second-order valence-electron chi connectivity index (χ2n) is 7.07. The van der Waals surface area contributed by atoms with Crippen LogP contribution in [0.2, 0.25) is 0 Å². The number of nitrogens with one attached hydrogen (secondary N) is 2. The summed E-state index contributed by atoms with van der Waals surface area (Å²) < 4.78 is 1.70. The van der Waals surface area contributed by atoms with E-state index in [0.29, 0.717) is 18.2 Å². The van der Waals surface area contributed by atoms with Crippen LogP contribution >= 0.6 is 24.8 Å². The number of piperidine rings is 1. The van der Waals surface area contributed by atoms with Crippen LogP contribution in [-0.4, -0.2) is 45.5 Å². The molecule has 1 aliphatic heterocycles. The van der Waals surface area contributed by atoms with Crippen LogP contribution in [0.4, 0.5) is 0 Å². The zero-order chi connectivity index (χ0) is 18.6. The molecule has 29 heavy (non-hydrogen) atoms. The monoisotopic (exact) mass is 436 g/mol. The Kier molecular flexibility index (Phi) is 8.37. The molecule has 0 spiro atoms. The van der Waals surface area contributed by atoms with E-state index in [1.54, 1.807) is 10.9 Å². The van der Waals surface area contributed by atoms with Gasteiger partial charge in [0.25, 0.3) is 5.91 Å². The highest BCUT2D eigenvalue weighted by molar-refractivity contribution is 5.93. The highest BCUT2D eigenvalue weighted by Crippen LogP contribution is 2.18. The van der Waals surface area contributed by atoms with E-state index in [0.717, 1.165) is 41.8 Å². The Balaban J connectivity index is 0.00000150. The third-order valence-electron chi connectivity index (χ3n) is 5.18. The first-order valence-electron chi connectivity index (χ1n) is 9.49. The van der Waals surface area contributed by atoms with Crippen LogP contribution in [0.3, 0.4) is 0 Å². The van der Waals surface area contributed by atoms with Crippen LogP contribution in [0, 0.1) is 12.8 Å². The summed E-state index contributed by atoms with van der Waals surface area (Å²) in [6.45, 7) is 4.68. The van der Waals surface area contributed by atoms with Crippen molar-refractivity contribution in [1.82, 2.24) is 30.6 Å². The van der Waals surface area contributed by atoms with Crippen LogP contribution in [0.15, 0.2) is 36.5 Å². The van der Waals surface area contributed by atoms with Gasteiger partial charge in [0.2, 0.25) is 0 Å². The van der Waals surface area contributed by atoms with Crippen molar-refractivity contribution in [2.75, 3.05) is 19.6 Å². The summed E-state index contributed by atoms with van der Waals surface area (Å²) in [4.78, 5) is 16.8. The van der Waals surface area contributed by atoms with E-state index in [2.05, 4.69) is 25.9 Å². The van der Waals surface area contributed by atoms with Gasteiger partial charge in [0, 0.05) is 18.1 Å². The molecule has 0 bridgehead atoms. The first-order chi connectivity index (χ1) is 13.2. The number of rotatable bonds is 5. The van der Waals surface area contributed by atoms with Gasteiger partial charge in [-0.05, 0) is 69.5 Å². The van der Waals surface area contributed by atoms with Gasteiger partial charge in [-0.3, -0.25) is 9.78 Å². The number of benzene rings is 1. The van der Waals surface area contributed by atoms with Gasteiger partial charge < -0.3 is 10.6 Å². The molecule has 9 heteroatoms. The fourth-order valence-electron chi connectivity index (χ4n) is 3.62. The zero-order valence-electron chi connectivity index (χ0n) is 16.3. The molecule has 1 amide bonds. The number of amides is 1. The topological polar surface area (TPSA) is 84.7 Å². The molecule has 4 rings (SSSR count). The molecular weight excluding hydrogens is 411 g/mol. The van der Waals surface area contributed by atoms with Crippen molar-refractivity contribution in [3.63, 3.8) is 0 Å². The van der Waals surface area contributed by atoms with E-state index >= 15 is 0 Å². The van der Waals surface area contributed by atoms with E-state index in [4.69, 9.17) is 0 Å². The van der Waals surface area contributed by atoms with Gasteiger partial charge in [-0.1, -0.05) is 11.3 Å². The molecule has 1 saturated heterocycles. The van der Waals surface area contributed by atoms with Gasteiger partial charge in [0.05, 0.1) is 16.9 Å². The lowest BCUT2D eigenvalue weighted by Gasteiger charge is -2.22. The Hall–Kier alpha value is -2.22. The molecule has 2 aromatic heterocycles. The summed E-state index contributed by atoms with van der Waals surface area (Å²) in [5, 5.41) is 15.7. The number of hydrogen-bond donors (Lipinski definition) is 2. The largest absolute Gasteiger partial charge is 0.351 e. The predicted octanol–water partition coefficient (Wildman–Crippen LogP) is 3.09. The number of carbonyl (C=O) groups is 1. The van der Waals surface area contributed by atoms with E-state index < -0.39 is 0 Å². The van der Waals surface area contributed by atoms with Crippen LogP contribution in [0.1, 0.15) is 35.4 Å². The predicted molar refractivity (Wildman–Crippen MR) is 118 cm³/mol. The lowest BCUT2D eigenvalue weighted by Crippen LogP contribution is -2.33. The van der Waals surface area contributed by atoms with E-state index in [-0.39, 0.29) is 30.7 Å². The highest BCUT2D eigenvalue weighted by Gasteiger charge is 2.18. The SMILES string of the molecule is Cc1c(C(=O)NCCC2CCCNC2)nnn1-c1ccc2ncccc2c1.Cl.Cl. The third-order valence-corrected chi connectivity index (χ3v) is 5.18. The Morgan fingerprint density at radius 1 is 1.31 bits per heavy atom. The van der Waals surface area contributed by atoms with Gasteiger partial charge >= 0.3 is 0 Å². The maximum Gasteiger partial charge on any atom is 0.273 e. The lowest BCUT2D eigenvalue weighted by atomic mass is 9.96. The van der Waals surface area contributed by atoms with Crippen LogP contribution in [0.5, 0.6) is 0 Å². The first kappa shape index (κ1) is 23.1. The summed E-state index contributed by atoms with van der Waals surface area (Å²) in [5.41, 5.74) is 2.90. The minimum Gasteiger partial charge on any atom is -0.351 e. The quantitative estimate of drug-likeness (QED) is 0.641. The van der Waals surface area contributed by atoms with Gasteiger partial charge in [-0.2, -0.15) is 0 Å².